The van der Waals surface area contributed by atoms with Crippen molar-refractivity contribution in [2.24, 2.45) is 0 Å². The van der Waals surface area contributed by atoms with Gasteiger partial charge in [0, 0.05) is 29.9 Å². The molecule has 1 N–H and O–H groups in total. The van der Waals surface area contributed by atoms with E-state index in [2.05, 4.69) is 32.8 Å². The molecule has 0 saturated heterocycles. The summed E-state index contributed by atoms with van der Waals surface area (Å²) in [5.74, 6) is 1.09. The normalized spacial score (nSPS) is 16.7. The number of rotatable bonds is 2. The lowest BCUT2D eigenvalue weighted by atomic mass is 10.1. The van der Waals surface area contributed by atoms with Crippen LogP contribution in [0.5, 0.6) is 0 Å². The zero-order valence-electron chi connectivity index (χ0n) is 10.7. The molecule has 5 heteroatoms. The minimum Gasteiger partial charge on any atom is -0.367 e. The molecule has 1 aliphatic rings. The Labute approximate surface area is 120 Å². The molecule has 0 bridgehead atoms. The maximum Gasteiger partial charge on any atom is 0.148 e. The first-order chi connectivity index (χ1) is 9.92. The molecule has 98 valence electrons. The van der Waals surface area contributed by atoms with Gasteiger partial charge in [-0.3, -0.25) is 4.98 Å². The van der Waals surface area contributed by atoms with Gasteiger partial charge >= 0.3 is 0 Å². The third kappa shape index (κ3) is 1.87. The van der Waals surface area contributed by atoms with Gasteiger partial charge in [0.15, 0.2) is 0 Å². The highest BCUT2D eigenvalue weighted by molar-refractivity contribution is 7.10. The summed E-state index contributed by atoms with van der Waals surface area (Å²) in [4.78, 5) is 13.5. The van der Waals surface area contributed by atoms with Gasteiger partial charge in [-0.05, 0) is 0 Å². The molecule has 1 unspecified atom stereocenters. The van der Waals surface area contributed by atoms with Crippen LogP contribution in [-0.4, -0.2) is 21.5 Å². The monoisotopic (exact) mass is 280 g/mol. The van der Waals surface area contributed by atoms with Gasteiger partial charge in [-0.1, -0.05) is 30.3 Å². The fraction of sp³-hybridized carbons (Fsp3) is 0.133. The molecule has 3 aromatic rings. The number of anilines is 1. The van der Waals surface area contributed by atoms with Crippen molar-refractivity contribution in [2.75, 3.05) is 11.9 Å². The first-order valence-electron chi connectivity index (χ1n) is 6.47. The molecule has 3 heterocycles. The SMILES string of the molecule is c1ccc(-c2csc(C3CNc4nccnc43)n2)cc1. The van der Waals surface area contributed by atoms with Crippen LogP contribution in [0.1, 0.15) is 16.6 Å². The average molecular weight is 280 g/mol. The lowest BCUT2D eigenvalue weighted by molar-refractivity contribution is 0.858. The third-order valence-corrected chi connectivity index (χ3v) is 4.38. The van der Waals surface area contributed by atoms with Crippen molar-refractivity contribution in [3.8, 4) is 11.3 Å². The van der Waals surface area contributed by atoms with Gasteiger partial charge in [-0.2, -0.15) is 0 Å². The molecule has 1 aliphatic heterocycles. The number of hydrogen-bond donors (Lipinski definition) is 1. The first kappa shape index (κ1) is 11.5. The molecule has 0 amide bonds. The van der Waals surface area contributed by atoms with Gasteiger partial charge in [0.05, 0.1) is 17.3 Å². The van der Waals surface area contributed by atoms with Crippen LogP contribution in [0.25, 0.3) is 11.3 Å². The number of aromatic nitrogens is 3. The molecular formula is C15H12N4S. The van der Waals surface area contributed by atoms with Crippen molar-refractivity contribution < 1.29 is 0 Å². The van der Waals surface area contributed by atoms with Crippen LogP contribution in [0.4, 0.5) is 5.82 Å². The van der Waals surface area contributed by atoms with Crippen LogP contribution in [0.15, 0.2) is 48.1 Å². The molecule has 2 aromatic heterocycles. The Balaban J connectivity index is 1.70. The number of hydrogen-bond acceptors (Lipinski definition) is 5. The van der Waals surface area contributed by atoms with Crippen LogP contribution < -0.4 is 5.32 Å². The molecule has 4 nitrogen and oxygen atoms in total. The van der Waals surface area contributed by atoms with Gasteiger partial charge in [0.25, 0.3) is 0 Å². The van der Waals surface area contributed by atoms with E-state index < -0.39 is 0 Å². The molecule has 0 radical (unpaired) electrons. The van der Waals surface area contributed by atoms with E-state index in [4.69, 9.17) is 4.98 Å². The maximum absolute atomic E-state index is 4.77. The van der Waals surface area contributed by atoms with Crippen molar-refractivity contribution >= 4 is 17.2 Å². The van der Waals surface area contributed by atoms with E-state index in [1.54, 1.807) is 23.7 Å². The molecule has 1 atom stereocenters. The predicted octanol–water partition coefficient (Wildman–Crippen LogP) is 3.16. The molecule has 20 heavy (non-hydrogen) atoms. The molecule has 0 fully saturated rings. The number of fused-ring (bicyclic) bond motifs is 1. The summed E-state index contributed by atoms with van der Waals surface area (Å²) in [5, 5.41) is 6.49. The highest BCUT2D eigenvalue weighted by Crippen LogP contribution is 2.35. The predicted molar refractivity (Wildman–Crippen MR) is 79.9 cm³/mol. The van der Waals surface area contributed by atoms with Crippen LogP contribution in [-0.2, 0) is 0 Å². The van der Waals surface area contributed by atoms with E-state index in [0.29, 0.717) is 0 Å². The molecular weight excluding hydrogens is 268 g/mol. The fourth-order valence-corrected chi connectivity index (χ4v) is 3.36. The van der Waals surface area contributed by atoms with Crippen LogP contribution in [0.2, 0.25) is 0 Å². The lowest BCUT2D eigenvalue weighted by Crippen LogP contribution is -2.04. The van der Waals surface area contributed by atoms with Crippen molar-refractivity contribution in [1.82, 2.24) is 15.0 Å². The Morgan fingerprint density at radius 2 is 1.95 bits per heavy atom. The Morgan fingerprint density at radius 1 is 1.10 bits per heavy atom. The number of benzene rings is 1. The highest BCUT2D eigenvalue weighted by Gasteiger charge is 2.28. The molecule has 1 aromatic carbocycles. The topological polar surface area (TPSA) is 50.7 Å². The quantitative estimate of drug-likeness (QED) is 0.783. The number of nitrogens with zero attached hydrogens (tertiary/aromatic N) is 3. The van der Waals surface area contributed by atoms with Gasteiger partial charge in [0.2, 0.25) is 0 Å². The minimum absolute atomic E-state index is 0.209. The van der Waals surface area contributed by atoms with Crippen molar-refractivity contribution in [2.45, 2.75) is 5.92 Å². The van der Waals surface area contributed by atoms with Crippen molar-refractivity contribution in [3.05, 3.63) is 58.8 Å². The summed E-state index contributed by atoms with van der Waals surface area (Å²) in [6.07, 6.45) is 3.45. The first-order valence-corrected chi connectivity index (χ1v) is 7.35. The van der Waals surface area contributed by atoms with Crippen LogP contribution in [0, 0.1) is 0 Å². The highest BCUT2D eigenvalue weighted by atomic mass is 32.1. The summed E-state index contributed by atoms with van der Waals surface area (Å²) < 4.78 is 0. The summed E-state index contributed by atoms with van der Waals surface area (Å²) in [6, 6.07) is 10.3. The summed E-state index contributed by atoms with van der Waals surface area (Å²) in [7, 11) is 0. The van der Waals surface area contributed by atoms with Crippen molar-refractivity contribution in [1.29, 1.82) is 0 Å². The van der Waals surface area contributed by atoms with Crippen LogP contribution >= 0.6 is 11.3 Å². The van der Waals surface area contributed by atoms with E-state index >= 15 is 0 Å². The van der Waals surface area contributed by atoms with Crippen LogP contribution in [0.3, 0.4) is 0 Å². The standard InChI is InChI=1S/C15H12N4S/c1-2-4-10(5-3-1)12-9-20-15(19-12)11-8-18-14-13(11)16-6-7-17-14/h1-7,9,11H,8H2,(H,17,18). The second-order valence-electron chi connectivity index (χ2n) is 4.66. The third-order valence-electron chi connectivity index (χ3n) is 3.42. The van der Waals surface area contributed by atoms with Gasteiger partial charge < -0.3 is 5.32 Å². The largest absolute Gasteiger partial charge is 0.367 e. The second kappa shape index (κ2) is 4.68. The summed E-state index contributed by atoms with van der Waals surface area (Å²) in [5.41, 5.74) is 3.18. The summed E-state index contributed by atoms with van der Waals surface area (Å²) in [6.45, 7) is 0.821. The van der Waals surface area contributed by atoms with E-state index in [9.17, 15) is 0 Å². The van der Waals surface area contributed by atoms with Gasteiger partial charge in [-0.15, -0.1) is 11.3 Å². The lowest BCUT2D eigenvalue weighted by Gasteiger charge is -2.04. The van der Waals surface area contributed by atoms with Crippen molar-refractivity contribution in [3.63, 3.8) is 0 Å². The molecule has 4 rings (SSSR count). The van der Waals surface area contributed by atoms with Gasteiger partial charge in [0.1, 0.15) is 10.8 Å². The number of nitrogens with one attached hydrogen (secondary N) is 1. The Hall–Kier alpha value is -2.27. The van der Waals surface area contributed by atoms with E-state index in [1.165, 1.54) is 0 Å². The Bertz CT molecular complexity index is 738. The Kier molecular flexibility index (Phi) is 2.70. The second-order valence-corrected chi connectivity index (χ2v) is 5.55. The molecule has 0 saturated carbocycles. The van der Waals surface area contributed by atoms with Gasteiger partial charge in [-0.25, -0.2) is 9.97 Å². The zero-order valence-corrected chi connectivity index (χ0v) is 11.5. The smallest absolute Gasteiger partial charge is 0.148 e. The molecule has 0 aliphatic carbocycles. The Morgan fingerprint density at radius 3 is 2.85 bits per heavy atom. The fourth-order valence-electron chi connectivity index (χ4n) is 2.43. The minimum atomic E-state index is 0.209. The molecule has 0 spiro atoms. The maximum atomic E-state index is 4.77. The van der Waals surface area contributed by atoms with E-state index in [0.717, 1.165) is 34.3 Å². The number of thiazole rings is 1. The van der Waals surface area contributed by atoms with E-state index in [-0.39, 0.29) is 5.92 Å². The zero-order chi connectivity index (χ0) is 13.4. The van der Waals surface area contributed by atoms with E-state index in [1.807, 2.05) is 18.2 Å². The average Bonchev–Trinajstić information content (AvgIpc) is 3.14. The summed E-state index contributed by atoms with van der Waals surface area (Å²) >= 11 is 1.69.